The molecule has 0 spiro atoms. The molecule has 1 unspecified atom stereocenters. The molecule has 0 amide bonds. The molecule has 2 saturated carbocycles. The largest absolute Gasteiger partial charge is 0.410 e. The molecule has 5 heteroatoms. The van der Waals surface area contributed by atoms with Crippen LogP contribution in [0.15, 0.2) is 0 Å². The number of ether oxygens (including phenoxy) is 1. The molecule has 0 aliphatic heterocycles. The van der Waals surface area contributed by atoms with Gasteiger partial charge in [-0.1, -0.05) is 77.2 Å². The van der Waals surface area contributed by atoms with Crippen LogP contribution in [0, 0.1) is 5.41 Å². The summed E-state index contributed by atoms with van der Waals surface area (Å²) in [6.07, 6.45) is 6.36. The van der Waals surface area contributed by atoms with E-state index in [1.165, 1.54) is 12.8 Å². The number of hydrogen-bond donors (Lipinski definition) is 1. The lowest BCUT2D eigenvalue weighted by atomic mass is 9.56. The van der Waals surface area contributed by atoms with E-state index in [2.05, 4.69) is 64.4 Å². The summed E-state index contributed by atoms with van der Waals surface area (Å²) >= 11 is 3.99. The second kappa shape index (κ2) is 9.60. The fourth-order valence-electron chi connectivity index (χ4n) is 6.62. The van der Waals surface area contributed by atoms with Gasteiger partial charge >= 0.3 is 0 Å². The van der Waals surface area contributed by atoms with E-state index in [0.717, 1.165) is 25.7 Å². The van der Waals surface area contributed by atoms with Crippen molar-refractivity contribution in [3.8, 4) is 0 Å². The van der Waals surface area contributed by atoms with Crippen LogP contribution >= 0.6 is 15.9 Å². The highest BCUT2D eigenvalue weighted by molar-refractivity contribution is 9.09. The topological polar surface area (TPSA) is 38.7 Å². The Balaban J connectivity index is 2.52. The van der Waals surface area contributed by atoms with Crippen LogP contribution < -0.4 is 0 Å². The third kappa shape index (κ3) is 4.69. The predicted molar refractivity (Wildman–Crippen MR) is 129 cm³/mol. The van der Waals surface area contributed by atoms with Crippen molar-refractivity contribution >= 4 is 24.2 Å². The highest BCUT2D eigenvalue weighted by Gasteiger charge is 2.63. The number of rotatable bonds is 8. The maximum absolute atomic E-state index is 10.1. The van der Waals surface area contributed by atoms with Crippen molar-refractivity contribution in [2.24, 2.45) is 5.41 Å². The standard InChI is InChI=1S/C24H47BrO3Si/c1-16(2)29(17(3)4,18(5)6)28-24-13-11-10-12-23(24,9)22(14-21(25)15-24)27-20(8)19(7)26/h16-22,26H,10-15H2,1-9H3/t19-,20+,21-,22-,23?,24-/m1/s1. The number of aliphatic hydroxyl groups excluding tert-OH is 1. The summed E-state index contributed by atoms with van der Waals surface area (Å²) in [5.74, 6) is 0. The van der Waals surface area contributed by atoms with Crippen LogP contribution in [-0.2, 0) is 9.16 Å². The average molecular weight is 492 g/mol. The van der Waals surface area contributed by atoms with Gasteiger partial charge in [0.15, 0.2) is 0 Å². The summed E-state index contributed by atoms with van der Waals surface area (Å²) in [6, 6.07) is 0. The minimum Gasteiger partial charge on any atom is -0.410 e. The Hall–Kier alpha value is 0.577. The van der Waals surface area contributed by atoms with E-state index < -0.39 is 14.4 Å². The summed E-state index contributed by atoms with van der Waals surface area (Å²) in [4.78, 5) is 0.401. The third-order valence-electron chi connectivity index (χ3n) is 8.44. The molecule has 2 aliphatic carbocycles. The molecule has 2 fully saturated rings. The third-order valence-corrected chi connectivity index (χ3v) is 15.3. The number of aliphatic hydroxyl groups is 1. The zero-order valence-electron chi connectivity index (χ0n) is 20.4. The first-order valence-electron chi connectivity index (χ1n) is 12.0. The average Bonchev–Trinajstić information content (AvgIpc) is 2.59. The molecule has 0 heterocycles. The second-order valence-corrected chi connectivity index (χ2v) is 17.8. The Morgan fingerprint density at radius 1 is 0.931 bits per heavy atom. The molecule has 2 rings (SSSR count). The molecule has 0 saturated heterocycles. The van der Waals surface area contributed by atoms with E-state index in [0.29, 0.717) is 21.5 Å². The molecule has 1 N–H and O–H groups in total. The minimum atomic E-state index is -2.03. The Bertz CT molecular complexity index is 516. The summed E-state index contributed by atoms with van der Waals surface area (Å²) < 4.78 is 14.2. The van der Waals surface area contributed by atoms with Crippen LogP contribution in [0.5, 0.6) is 0 Å². The number of alkyl halides is 1. The lowest BCUT2D eigenvalue weighted by molar-refractivity contribution is -0.210. The van der Waals surface area contributed by atoms with Crippen LogP contribution in [0.4, 0.5) is 0 Å². The van der Waals surface area contributed by atoms with Crippen molar-refractivity contribution in [3.05, 3.63) is 0 Å². The fourth-order valence-corrected chi connectivity index (χ4v) is 13.3. The van der Waals surface area contributed by atoms with E-state index in [9.17, 15) is 5.11 Å². The maximum Gasteiger partial charge on any atom is 0.201 e. The lowest BCUT2D eigenvalue weighted by Crippen LogP contribution is -2.67. The summed E-state index contributed by atoms with van der Waals surface area (Å²) in [6.45, 7) is 20.6. The van der Waals surface area contributed by atoms with Crippen LogP contribution in [0.25, 0.3) is 0 Å². The molecule has 3 nitrogen and oxygen atoms in total. The first kappa shape index (κ1) is 25.8. The molecule has 6 atom stereocenters. The zero-order chi connectivity index (χ0) is 22.2. The van der Waals surface area contributed by atoms with Gasteiger partial charge in [0.2, 0.25) is 8.32 Å². The monoisotopic (exact) mass is 490 g/mol. The molecule has 29 heavy (non-hydrogen) atoms. The van der Waals surface area contributed by atoms with E-state index >= 15 is 0 Å². The van der Waals surface area contributed by atoms with E-state index in [4.69, 9.17) is 9.16 Å². The van der Waals surface area contributed by atoms with Crippen molar-refractivity contribution in [2.75, 3.05) is 0 Å². The van der Waals surface area contributed by atoms with E-state index in [1.807, 2.05) is 13.8 Å². The van der Waals surface area contributed by atoms with Crippen LogP contribution in [0.1, 0.15) is 101 Å². The van der Waals surface area contributed by atoms with Gasteiger partial charge in [-0.15, -0.1) is 0 Å². The molecule has 0 radical (unpaired) electrons. The molecule has 0 aromatic rings. The summed E-state index contributed by atoms with van der Waals surface area (Å²) in [7, 11) is -2.03. The molecule has 0 bridgehead atoms. The smallest absolute Gasteiger partial charge is 0.201 e. The van der Waals surface area contributed by atoms with Gasteiger partial charge in [-0.3, -0.25) is 0 Å². The zero-order valence-corrected chi connectivity index (χ0v) is 23.0. The molecule has 0 aromatic heterocycles. The van der Waals surface area contributed by atoms with E-state index in [-0.39, 0.29) is 23.2 Å². The van der Waals surface area contributed by atoms with Gasteiger partial charge in [-0.05, 0) is 56.2 Å². The maximum atomic E-state index is 10.1. The van der Waals surface area contributed by atoms with Crippen molar-refractivity contribution in [1.82, 2.24) is 0 Å². The van der Waals surface area contributed by atoms with Gasteiger partial charge in [0.1, 0.15) is 0 Å². The number of fused-ring (bicyclic) bond motifs is 1. The Labute approximate surface area is 190 Å². The fraction of sp³-hybridized carbons (Fsp3) is 1.00. The van der Waals surface area contributed by atoms with Crippen molar-refractivity contribution < 1.29 is 14.3 Å². The van der Waals surface area contributed by atoms with Crippen LogP contribution in [-0.4, -0.2) is 42.2 Å². The summed E-state index contributed by atoms with van der Waals surface area (Å²) in [5, 5.41) is 10.1. The Kier molecular flexibility index (Phi) is 8.55. The number of halogens is 1. The van der Waals surface area contributed by atoms with Gasteiger partial charge in [0.05, 0.1) is 23.9 Å². The van der Waals surface area contributed by atoms with Crippen molar-refractivity contribution in [1.29, 1.82) is 0 Å². The molecular weight excluding hydrogens is 444 g/mol. The highest BCUT2D eigenvalue weighted by atomic mass is 79.9. The first-order chi connectivity index (χ1) is 13.3. The predicted octanol–water partition coefficient (Wildman–Crippen LogP) is 7.21. The summed E-state index contributed by atoms with van der Waals surface area (Å²) in [5.41, 5.74) is 1.60. The van der Waals surface area contributed by atoms with E-state index in [1.54, 1.807) is 0 Å². The van der Waals surface area contributed by atoms with Crippen LogP contribution in [0.3, 0.4) is 0 Å². The lowest BCUT2D eigenvalue weighted by Gasteiger charge is -2.63. The van der Waals surface area contributed by atoms with Gasteiger partial charge in [-0.25, -0.2) is 0 Å². The number of hydrogen-bond acceptors (Lipinski definition) is 3. The Morgan fingerprint density at radius 2 is 1.45 bits per heavy atom. The Morgan fingerprint density at radius 3 is 1.93 bits per heavy atom. The van der Waals surface area contributed by atoms with Gasteiger partial charge in [-0.2, -0.15) is 0 Å². The normalized spacial score (nSPS) is 35.8. The second-order valence-electron chi connectivity index (χ2n) is 11.1. The quantitative estimate of drug-likeness (QED) is 0.288. The van der Waals surface area contributed by atoms with Crippen LogP contribution in [0.2, 0.25) is 16.6 Å². The molecular formula is C24H47BrO3Si. The van der Waals surface area contributed by atoms with Gasteiger partial charge in [0, 0.05) is 10.2 Å². The first-order valence-corrected chi connectivity index (χ1v) is 15.1. The highest BCUT2D eigenvalue weighted by Crippen LogP contribution is 2.60. The van der Waals surface area contributed by atoms with Crippen molar-refractivity contribution in [3.63, 3.8) is 0 Å². The SMILES string of the molecule is CC(C)[Si](O[C@@]12CCCCC1(C)[C@H](O[C@@H](C)[C@@H](C)O)C[C@@H](Br)C2)(C(C)C)C(C)C. The van der Waals surface area contributed by atoms with Gasteiger partial charge < -0.3 is 14.3 Å². The van der Waals surface area contributed by atoms with Gasteiger partial charge in [0.25, 0.3) is 0 Å². The molecule has 0 aromatic carbocycles. The minimum absolute atomic E-state index is 0.00437. The molecule has 2 aliphatic rings. The van der Waals surface area contributed by atoms with Crippen molar-refractivity contribution in [2.45, 2.75) is 146 Å². The molecule has 172 valence electrons.